The van der Waals surface area contributed by atoms with Crippen LogP contribution in [-0.2, 0) is 0 Å². The zero-order valence-corrected chi connectivity index (χ0v) is 12.4. The van der Waals surface area contributed by atoms with Crippen LogP contribution in [0, 0.1) is 0 Å². The monoisotopic (exact) mass is 281 g/mol. The predicted octanol–water partition coefficient (Wildman–Crippen LogP) is 2.82. The van der Waals surface area contributed by atoms with Crippen LogP contribution in [0.5, 0.6) is 5.75 Å². The third-order valence-electron chi connectivity index (χ3n) is 2.87. The molecular weight excluding hydrogens is 262 g/mol. The molecule has 0 unspecified atom stereocenters. The average molecular weight is 282 g/mol. The molecule has 1 aliphatic rings. The SMILES string of the molecule is CN(CC1=Cc2cc(Cl)ccc2OC1)CC(C)(C)O. The number of fused-ring (bicyclic) bond motifs is 1. The van der Waals surface area contributed by atoms with E-state index in [1.54, 1.807) is 0 Å². The van der Waals surface area contributed by atoms with Crippen LogP contribution < -0.4 is 4.74 Å². The quantitative estimate of drug-likeness (QED) is 0.921. The second kappa shape index (κ2) is 5.53. The zero-order valence-electron chi connectivity index (χ0n) is 11.6. The molecule has 1 N–H and O–H groups in total. The number of nitrogens with zero attached hydrogens (tertiary/aromatic N) is 1. The average Bonchev–Trinajstić information content (AvgIpc) is 2.25. The van der Waals surface area contributed by atoms with Crippen molar-refractivity contribution in [2.45, 2.75) is 19.4 Å². The van der Waals surface area contributed by atoms with Gasteiger partial charge in [0.25, 0.3) is 0 Å². The summed E-state index contributed by atoms with van der Waals surface area (Å²) in [6.45, 7) is 5.60. The molecule has 0 bridgehead atoms. The maximum atomic E-state index is 9.80. The van der Waals surface area contributed by atoms with Gasteiger partial charge in [-0.1, -0.05) is 11.6 Å². The number of rotatable bonds is 4. The van der Waals surface area contributed by atoms with Gasteiger partial charge in [-0.3, -0.25) is 4.90 Å². The Morgan fingerprint density at radius 2 is 2.16 bits per heavy atom. The smallest absolute Gasteiger partial charge is 0.127 e. The van der Waals surface area contributed by atoms with Crippen molar-refractivity contribution in [1.29, 1.82) is 0 Å². The van der Waals surface area contributed by atoms with Crippen LogP contribution in [0.2, 0.25) is 5.02 Å². The molecule has 19 heavy (non-hydrogen) atoms. The lowest BCUT2D eigenvalue weighted by Gasteiger charge is -2.27. The van der Waals surface area contributed by atoms with Gasteiger partial charge in [0.05, 0.1) is 5.60 Å². The van der Waals surface area contributed by atoms with Gasteiger partial charge in [0.2, 0.25) is 0 Å². The van der Waals surface area contributed by atoms with Crippen LogP contribution in [0.4, 0.5) is 0 Å². The maximum Gasteiger partial charge on any atom is 0.127 e. The normalized spacial score (nSPS) is 14.9. The van der Waals surface area contributed by atoms with Crippen LogP contribution in [0.15, 0.2) is 23.8 Å². The van der Waals surface area contributed by atoms with Gasteiger partial charge < -0.3 is 9.84 Å². The minimum absolute atomic E-state index is 0.588. The Morgan fingerprint density at radius 1 is 1.42 bits per heavy atom. The minimum Gasteiger partial charge on any atom is -0.489 e. The van der Waals surface area contributed by atoms with E-state index >= 15 is 0 Å². The van der Waals surface area contributed by atoms with Gasteiger partial charge in [-0.05, 0) is 50.7 Å². The largest absolute Gasteiger partial charge is 0.489 e. The van der Waals surface area contributed by atoms with Crippen LogP contribution in [0.3, 0.4) is 0 Å². The van der Waals surface area contributed by atoms with Gasteiger partial charge in [-0.2, -0.15) is 0 Å². The van der Waals surface area contributed by atoms with Crippen LogP contribution >= 0.6 is 11.6 Å². The Balaban J connectivity index is 2.07. The molecule has 0 amide bonds. The molecule has 0 radical (unpaired) electrons. The zero-order chi connectivity index (χ0) is 14.0. The summed E-state index contributed by atoms with van der Waals surface area (Å²) in [6, 6.07) is 5.64. The first-order valence-electron chi connectivity index (χ1n) is 6.36. The summed E-state index contributed by atoms with van der Waals surface area (Å²) in [5.41, 5.74) is 1.51. The van der Waals surface area contributed by atoms with Crippen molar-refractivity contribution in [3.63, 3.8) is 0 Å². The van der Waals surface area contributed by atoms with E-state index in [9.17, 15) is 5.11 Å². The number of ether oxygens (including phenoxy) is 1. The minimum atomic E-state index is -0.688. The highest BCUT2D eigenvalue weighted by Gasteiger charge is 2.18. The molecule has 0 atom stereocenters. The van der Waals surface area contributed by atoms with E-state index in [1.165, 1.54) is 5.57 Å². The summed E-state index contributed by atoms with van der Waals surface area (Å²) in [5.74, 6) is 0.873. The van der Waals surface area contributed by atoms with Crippen LogP contribution in [0.25, 0.3) is 6.08 Å². The number of halogens is 1. The summed E-state index contributed by atoms with van der Waals surface area (Å²) >= 11 is 5.99. The Hall–Kier alpha value is -1.03. The number of hydrogen-bond donors (Lipinski definition) is 1. The number of hydrogen-bond acceptors (Lipinski definition) is 3. The topological polar surface area (TPSA) is 32.7 Å². The fourth-order valence-electron chi connectivity index (χ4n) is 2.35. The Morgan fingerprint density at radius 3 is 2.84 bits per heavy atom. The second-order valence-electron chi connectivity index (χ2n) is 5.76. The second-order valence-corrected chi connectivity index (χ2v) is 6.19. The first kappa shape index (κ1) is 14.4. The van der Waals surface area contributed by atoms with E-state index in [0.29, 0.717) is 18.2 Å². The van der Waals surface area contributed by atoms with Crippen molar-refractivity contribution in [2.24, 2.45) is 0 Å². The lowest BCUT2D eigenvalue weighted by molar-refractivity contribution is 0.0467. The van der Waals surface area contributed by atoms with Crippen LogP contribution in [0.1, 0.15) is 19.4 Å². The van der Waals surface area contributed by atoms with E-state index in [0.717, 1.165) is 17.9 Å². The van der Waals surface area contributed by atoms with Crippen molar-refractivity contribution >= 4 is 17.7 Å². The molecule has 0 saturated carbocycles. The first-order chi connectivity index (χ1) is 8.83. The molecular formula is C15H20ClNO2. The van der Waals surface area contributed by atoms with Crippen molar-refractivity contribution < 1.29 is 9.84 Å². The van der Waals surface area contributed by atoms with Gasteiger partial charge in [0.1, 0.15) is 12.4 Å². The van der Waals surface area contributed by atoms with Crippen molar-refractivity contribution in [3.05, 3.63) is 34.4 Å². The van der Waals surface area contributed by atoms with E-state index in [-0.39, 0.29) is 0 Å². The summed E-state index contributed by atoms with van der Waals surface area (Å²) in [5, 5.41) is 10.5. The molecule has 1 aromatic rings. The lowest BCUT2D eigenvalue weighted by Crippen LogP contribution is -2.37. The Kier molecular flexibility index (Phi) is 4.19. The summed E-state index contributed by atoms with van der Waals surface area (Å²) in [6.07, 6.45) is 2.12. The number of benzene rings is 1. The highest BCUT2D eigenvalue weighted by Crippen LogP contribution is 2.29. The summed E-state index contributed by atoms with van der Waals surface area (Å²) in [7, 11) is 1.99. The molecule has 104 valence electrons. The summed E-state index contributed by atoms with van der Waals surface area (Å²) in [4.78, 5) is 2.09. The van der Waals surface area contributed by atoms with Gasteiger partial charge >= 0.3 is 0 Å². The van der Waals surface area contributed by atoms with Crippen LogP contribution in [-0.4, -0.2) is 42.4 Å². The highest BCUT2D eigenvalue weighted by molar-refractivity contribution is 6.30. The molecule has 0 aromatic heterocycles. The molecule has 0 fully saturated rings. The van der Waals surface area contributed by atoms with Gasteiger partial charge in [0.15, 0.2) is 0 Å². The third kappa shape index (κ3) is 4.23. The number of likely N-dealkylation sites (N-methyl/N-ethyl adjacent to an activating group) is 1. The Labute approximate surface area is 119 Å². The molecule has 0 spiro atoms. The predicted molar refractivity (Wildman–Crippen MR) is 78.7 cm³/mol. The molecule has 4 heteroatoms. The molecule has 2 rings (SSSR count). The van der Waals surface area contributed by atoms with Gasteiger partial charge in [-0.25, -0.2) is 0 Å². The fraction of sp³-hybridized carbons (Fsp3) is 0.467. The van der Waals surface area contributed by atoms with E-state index in [1.807, 2.05) is 39.1 Å². The lowest BCUT2D eigenvalue weighted by atomic mass is 10.1. The van der Waals surface area contributed by atoms with E-state index in [2.05, 4.69) is 11.0 Å². The van der Waals surface area contributed by atoms with E-state index < -0.39 is 5.60 Å². The standard InChI is InChI=1S/C15H20ClNO2/c1-15(2,18)10-17(3)8-11-6-12-7-13(16)4-5-14(12)19-9-11/h4-7,18H,8-10H2,1-3H3. The van der Waals surface area contributed by atoms with E-state index in [4.69, 9.17) is 16.3 Å². The third-order valence-corrected chi connectivity index (χ3v) is 3.11. The maximum absolute atomic E-state index is 9.80. The fourth-order valence-corrected chi connectivity index (χ4v) is 2.53. The summed E-state index contributed by atoms with van der Waals surface area (Å²) < 4.78 is 5.71. The molecule has 1 heterocycles. The van der Waals surface area contributed by atoms with Gasteiger partial charge in [0, 0.05) is 23.7 Å². The number of aliphatic hydroxyl groups is 1. The van der Waals surface area contributed by atoms with Crippen molar-refractivity contribution in [2.75, 3.05) is 26.7 Å². The van der Waals surface area contributed by atoms with Crippen molar-refractivity contribution in [3.8, 4) is 5.75 Å². The molecule has 3 nitrogen and oxygen atoms in total. The molecule has 1 aromatic carbocycles. The first-order valence-corrected chi connectivity index (χ1v) is 6.74. The van der Waals surface area contributed by atoms with Gasteiger partial charge in [-0.15, -0.1) is 0 Å². The molecule has 1 aliphatic heterocycles. The van der Waals surface area contributed by atoms with Crippen molar-refractivity contribution in [1.82, 2.24) is 4.90 Å². The molecule has 0 saturated heterocycles. The Bertz CT molecular complexity index is 491. The molecule has 0 aliphatic carbocycles. The highest BCUT2D eigenvalue weighted by atomic mass is 35.5.